The molecule has 0 saturated carbocycles. The Morgan fingerprint density at radius 3 is 2.32 bits per heavy atom. The summed E-state index contributed by atoms with van der Waals surface area (Å²) in [4.78, 5) is 8.56. The molecule has 3 heterocycles. The van der Waals surface area contributed by atoms with E-state index in [-0.39, 0.29) is 6.04 Å². The highest BCUT2D eigenvalue weighted by Gasteiger charge is 2.32. The molecule has 31 heavy (non-hydrogen) atoms. The number of benzene rings is 1. The van der Waals surface area contributed by atoms with Gasteiger partial charge in [0, 0.05) is 50.2 Å². The molecule has 1 aromatic carbocycles. The van der Waals surface area contributed by atoms with E-state index in [0.29, 0.717) is 11.4 Å². The molecule has 0 atom stereocenters. The number of hydrogen-bond donors (Lipinski definition) is 0. The first kappa shape index (κ1) is 21.0. The van der Waals surface area contributed by atoms with Crippen LogP contribution in [0.3, 0.4) is 0 Å². The van der Waals surface area contributed by atoms with E-state index in [1.54, 1.807) is 31.8 Å². The Balaban J connectivity index is 1.64. The standard InChI is InChI=1S/C22H24F3N5O/c1-28-21(8-12-27-28)29-13-9-18(10-14-29)30(19-15-26-11-7-20(19)31-2)17-5-3-16(4-6-17)22(23,24)25/h3-8,11-12,15,18H,9-10,13-14H2,1-2H3. The number of nitrogens with zero attached hydrogens (tertiary/aromatic N) is 5. The largest absolute Gasteiger partial charge is 0.494 e. The lowest BCUT2D eigenvalue weighted by molar-refractivity contribution is -0.137. The number of piperidine rings is 1. The Bertz CT molecular complexity index is 1010. The summed E-state index contributed by atoms with van der Waals surface area (Å²) in [5.41, 5.74) is 0.752. The van der Waals surface area contributed by atoms with Gasteiger partial charge < -0.3 is 14.5 Å². The van der Waals surface area contributed by atoms with Gasteiger partial charge in [-0.3, -0.25) is 9.67 Å². The van der Waals surface area contributed by atoms with Gasteiger partial charge in [-0.2, -0.15) is 18.3 Å². The minimum atomic E-state index is -4.37. The summed E-state index contributed by atoms with van der Waals surface area (Å²) in [6.07, 6.45) is 2.39. The Morgan fingerprint density at radius 2 is 1.74 bits per heavy atom. The molecule has 1 saturated heterocycles. The molecule has 1 aliphatic rings. The first-order valence-corrected chi connectivity index (χ1v) is 10.1. The summed E-state index contributed by atoms with van der Waals surface area (Å²) in [6, 6.07) is 9.10. The average molecular weight is 431 g/mol. The third-order valence-corrected chi connectivity index (χ3v) is 5.66. The van der Waals surface area contributed by atoms with Gasteiger partial charge in [-0.05, 0) is 37.1 Å². The average Bonchev–Trinajstić information content (AvgIpc) is 3.20. The van der Waals surface area contributed by atoms with Crippen LogP contribution in [0.4, 0.5) is 30.4 Å². The molecule has 0 radical (unpaired) electrons. The fourth-order valence-electron chi connectivity index (χ4n) is 4.11. The van der Waals surface area contributed by atoms with E-state index in [9.17, 15) is 13.2 Å². The van der Waals surface area contributed by atoms with Crippen molar-refractivity contribution in [3.63, 3.8) is 0 Å². The number of aryl methyl sites for hydroxylation is 1. The molecule has 3 aromatic rings. The Morgan fingerprint density at radius 1 is 1.03 bits per heavy atom. The van der Waals surface area contributed by atoms with Crippen LogP contribution in [0, 0.1) is 0 Å². The van der Waals surface area contributed by atoms with Gasteiger partial charge in [-0.25, -0.2) is 0 Å². The van der Waals surface area contributed by atoms with Crippen molar-refractivity contribution in [1.29, 1.82) is 0 Å². The van der Waals surface area contributed by atoms with Crippen LogP contribution in [-0.2, 0) is 13.2 Å². The second kappa shape index (κ2) is 8.49. The fraction of sp³-hybridized carbons (Fsp3) is 0.364. The van der Waals surface area contributed by atoms with Crippen LogP contribution in [0.15, 0.2) is 55.0 Å². The minimum absolute atomic E-state index is 0.0827. The zero-order chi connectivity index (χ0) is 22.0. The van der Waals surface area contributed by atoms with Crippen LogP contribution in [0.1, 0.15) is 18.4 Å². The van der Waals surface area contributed by atoms with E-state index in [2.05, 4.69) is 15.0 Å². The van der Waals surface area contributed by atoms with E-state index in [4.69, 9.17) is 4.74 Å². The zero-order valence-electron chi connectivity index (χ0n) is 17.4. The van der Waals surface area contributed by atoms with Crippen LogP contribution in [-0.4, -0.2) is 41.0 Å². The molecule has 4 rings (SSSR count). The van der Waals surface area contributed by atoms with Crippen molar-refractivity contribution in [3.8, 4) is 5.75 Å². The van der Waals surface area contributed by atoms with E-state index >= 15 is 0 Å². The number of rotatable bonds is 5. The molecule has 2 aromatic heterocycles. The molecule has 164 valence electrons. The molecule has 0 unspecified atom stereocenters. The van der Waals surface area contributed by atoms with Gasteiger partial charge in [0.1, 0.15) is 17.3 Å². The number of anilines is 3. The topological polar surface area (TPSA) is 46.4 Å². The molecule has 0 bridgehead atoms. The molecule has 0 spiro atoms. The van der Waals surface area contributed by atoms with Crippen LogP contribution < -0.4 is 14.5 Å². The summed E-state index contributed by atoms with van der Waals surface area (Å²) in [6.45, 7) is 1.62. The number of pyridine rings is 1. The number of halogens is 3. The Kier molecular flexibility index (Phi) is 5.75. The fourth-order valence-corrected chi connectivity index (χ4v) is 4.11. The smallest absolute Gasteiger partial charge is 0.416 e. The summed E-state index contributed by atoms with van der Waals surface area (Å²) >= 11 is 0. The molecule has 0 N–H and O–H groups in total. The molecular formula is C22H24F3N5O. The van der Waals surface area contributed by atoms with Crippen molar-refractivity contribution in [3.05, 3.63) is 60.6 Å². The highest BCUT2D eigenvalue weighted by molar-refractivity contribution is 5.69. The Hall–Kier alpha value is -3.23. The zero-order valence-corrected chi connectivity index (χ0v) is 17.4. The number of alkyl halides is 3. The number of hydrogen-bond acceptors (Lipinski definition) is 5. The maximum Gasteiger partial charge on any atom is 0.416 e. The van der Waals surface area contributed by atoms with Crippen molar-refractivity contribution in [2.75, 3.05) is 30.0 Å². The van der Waals surface area contributed by atoms with E-state index in [1.807, 2.05) is 22.7 Å². The normalized spacial score (nSPS) is 15.2. The van der Waals surface area contributed by atoms with Crippen LogP contribution in [0.5, 0.6) is 5.75 Å². The monoisotopic (exact) mass is 431 g/mol. The summed E-state index contributed by atoms with van der Waals surface area (Å²) in [5.74, 6) is 1.68. The summed E-state index contributed by atoms with van der Waals surface area (Å²) in [7, 11) is 3.49. The highest BCUT2D eigenvalue weighted by atomic mass is 19.4. The highest BCUT2D eigenvalue weighted by Crippen LogP contribution is 2.39. The molecular weight excluding hydrogens is 407 g/mol. The van der Waals surface area contributed by atoms with Gasteiger partial charge in [0.15, 0.2) is 0 Å². The maximum absolute atomic E-state index is 13.1. The summed E-state index contributed by atoms with van der Waals surface area (Å²) in [5, 5.41) is 4.24. The van der Waals surface area contributed by atoms with Gasteiger partial charge in [-0.15, -0.1) is 0 Å². The van der Waals surface area contributed by atoms with Crippen molar-refractivity contribution in [2.45, 2.75) is 25.1 Å². The molecule has 9 heteroatoms. The van der Waals surface area contributed by atoms with Crippen molar-refractivity contribution in [2.24, 2.45) is 7.05 Å². The SMILES string of the molecule is COc1ccncc1N(c1ccc(C(F)(F)F)cc1)C1CCN(c2ccnn2C)CC1. The first-order valence-electron chi connectivity index (χ1n) is 10.1. The predicted molar refractivity (Wildman–Crippen MR) is 113 cm³/mol. The molecule has 1 fully saturated rings. The molecule has 6 nitrogen and oxygen atoms in total. The van der Waals surface area contributed by atoms with Crippen LogP contribution >= 0.6 is 0 Å². The number of methoxy groups -OCH3 is 1. The van der Waals surface area contributed by atoms with E-state index < -0.39 is 11.7 Å². The molecule has 1 aliphatic heterocycles. The van der Waals surface area contributed by atoms with Gasteiger partial charge in [-0.1, -0.05) is 0 Å². The van der Waals surface area contributed by atoms with E-state index in [0.717, 1.165) is 49.6 Å². The number of aromatic nitrogens is 3. The maximum atomic E-state index is 13.1. The lowest BCUT2D eigenvalue weighted by atomic mass is 10.0. The Labute approximate surface area is 178 Å². The van der Waals surface area contributed by atoms with Crippen LogP contribution in [0.25, 0.3) is 0 Å². The molecule has 0 aliphatic carbocycles. The minimum Gasteiger partial charge on any atom is -0.494 e. The first-order chi connectivity index (χ1) is 14.9. The van der Waals surface area contributed by atoms with Gasteiger partial charge in [0.25, 0.3) is 0 Å². The second-order valence-corrected chi connectivity index (χ2v) is 7.49. The van der Waals surface area contributed by atoms with Crippen molar-refractivity contribution >= 4 is 17.2 Å². The van der Waals surface area contributed by atoms with E-state index in [1.165, 1.54) is 12.1 Å². The van der Waals surface area contributed by atoms with Crippen molar-refractivity contribution in [1.82, 2.24) is 14.8 Å². The molecule has 0 amide bonds. The van der Waals surface area contributed by atoms with Crippen LogP contribution in [0.2, 0.25) is 0 Å². The summed E-state index contributed by atoms with van der Waals surface area (Å²) < 4.78 is 46.6. The second-order valence-electron chi connectivity index (χ2n) is 7.49. The van der Waals surface area contributed by atoms with Crippen molar-refractivity contribution < 1.29 is 17.9 Å². The predicted octanol–water partition coefficient (Wildman–Crippen LogP) is 4.65. The van der Waals surface area contributed by atoms with Gasteiger partial charge in [0.2, 0.25) is 0 Å². The lowest BCUT2D eigenvalue weighted by Crippen LogP contribution is -2.44. The quantitative estimate of drug-likeness (QED) is 0.589. The lowest BCUT2D eigenvalue weighted by Gasteiger charge is -2.40. The third-order valence-electron chi connectivity index (χ3n) is 5.66. The van der Waals surface area contributed by atoms with Gasteiger partial charge in [0.05, 0.1) is 25.1 Å². The third kappa shape index (κ3) is 4.30. The number of ether oxygens (including phenoxy) is 1. The van der Waals surface area contributed by atoms with Gasteiger partial charge >= 0.3 is 6.18 Å².